The van der Waals surface area contributed by atoms with Crippen molar-refractivity contribution in [2.24, 2.45) is 14.1 Å². The average molecular weight is 355 g/mol. The Labute approximate surface area is 139 Å². The fourth-order valence-corrected chi connectivity index (χ4v) is 2.95. The van der Waals surface area contributed by atoms with Gasteiger partial charge in [0.15, 0.2) is 10.3 Å². The molecule has 2 aromatic heterocycles. The predicted molar refractivity (Wildman–Crippen MR) is 88.1 cm³/mol. The molecule has 0 bridgehead atoms. The summed E-state index contributed by atoms with van der Waals surface area (Å²) in [5.74, 6) is -0.490. The first-order valence-corrected chi connectivity index (χ1v) is 7.43. The van der Waals surface area contributed by atoms with Gasteiger partial charge in [-0.25, -0.2) is 9.18 Å². The van der Waals surface area contributed by atoms with Crippen molar-refractivity contribution in [3.8, 4) is 0 Å². The lowest BCUT2D eigenvalue weighted by molar-refractivity contribution is 0.600. The summed E-state index contributed by atoms with van der Waals surface area (Å²) in [6.07, 6.45) is 0. The predicted octanol–water partition coefficient (Wildman–Crippen LogP) is 1.94. The normalized spacial score (nSPS) is 11.3. The second kappa shape index (κ2) is 5.47. The Kier molecular flexibility index (Phi) is 3.73. The van der Waals surface area contributed by atoms with Gasteiger partial charge in [-0.15, -0.1) is 0 Å². The third-order valence-electron chi connectivity index (χ3n) is 3.76. The highest BCUT2D eigenvalue weighted by Gasteiger charge is 2.17. The zero-order chi connectivity index (χ0) is 16.9. The number of rotatable bonds is 2. The van der Waals surface area contributed by atoms with Crippen LogP contribution in [-0.2, 0) is 20.6 Å². The number of benzene rings is 1. The van der Waals surface area contributed by atoms with Gasteiger partial charge in [-0.3, -0.25) is 13.9 Å². The zero-order valence-corrected chi connectivity index (χ0v) is 13.8. The Balaban J connectivity index is 2.36. The highest BCUT2D eigenvalue weighted by Crippen LogP contribution is 2.21. The van der Waals surface area contributed by atoms with Gasteiger partial charge in [0.25, 0.3) is 5.56 Å². The summed E-state index contributed by atoms with van der Waals surface area (Å²) >= 11 is 11.3. The molecule has 0 radical (unpaired) electrons. The molecule has 120 valence electrons. The first-order chi connectivity index (χ1) is 10.8. The molecule has 0 atom stereocenters. The van der Waals surface area contributed by atoms with Crippen molar-refractivity contribution < 1.29 is 4.39 Å². The lowest BCUT2D eigenvalue weighted by Crippen LogP contribution is -2.37. The van der Waals surface area contributed by atoms with Crippen molar-refractivity contribution in [3.63, 3.8) is 0 Å². The van der Waals surface area contributed by atoms with Gasteiger partial charge in [0.1, 0.15) is 11.5 Å². The number of hydrogen-bond acceptors (Lipinski definition) is 3. The van der Waals surface area contributed by atoms with E-state index in [1.165, 1.54) is 35.4 Å². The number of nitrogens with one attached hydrogen (secondary N) is 1. The minimum atomic E-state index is -0.511. The minimum Gasteiger partial charge on any atom is -0.316 e. The summed E-state index contributed by atoms with van der Waals surface area (Å²) < 4.78 is 17.9. The maximum Gasteiger partial charge on any atom is 0.332 e. The molecule has 0 saturated carbocycles. The molecule has 0 aliphatic heterocycles. The van der Waals surface area contributed by atoms with Crippen LogP contribution < -0.4 is 11.2 Å². The highest BCUT2D eigenvalue weighted by atomic mass is 35.5. The first-order valence-electron chi connectivity index (χ1n) is 6.64. The van der Waals surface area contributed by atoms with Crippen molar-refractivity contribution in [1.82, 2.24) is 18.7 Å². The molecule has 0 saturated heterocycles. The molecule has 1 N–H and O–H groups in total. The Morgan fingerprint density at radius 1 is 1.26 bits per heavy atom. The van der Waals surface area contributed by atoms with Crippen LogP contribution >= 0.6 is 23.8 Å². The first kappa shape index (κ1) is 15.7. The zero-order valence-electron chi connectivity index (χ0n) is 12.3. The summed E-state index contributed by atoms with van der Waals surface area (Å²) in [5.41, 5.74) is -0.283. The fourth-order valence-electron chi connectivity index (χ4n) is 2.48. The van der Waals surface area contributed by atoms with E-state index >= 15 is 0 Å². The van der Waals surface area contributed by atoms with Gasteiger partial charge in [-0.2, -0.15) is 0 Å². The van der Waals surface area contributed by atoms with Gasteiger partial charge in [-0.05, 0) is 24.4 Å². The molecule has 6 nitrogen and oxygen atoms in total. The van der Waals surface area contributed by atoms with Crippen LogP contribution in [0.3, 0.4) is 0 Å². The van der Waals surface area contributed by atoms with E-state index in [2.05, 4.69) is 4.98 Å². The molecule has 0 aliphatic rings. The van der Waals surface area contributed by atoms with Crippen LogP contribution in [0, 0.1) is 10.6 Å². The lowest BCUT2D eigenvalue weighted by Gasteiger charge is -2.09. The number of halogens is 2. The third kappa shape index (κ3) is 2.34. The average Bonchev–Trinajstić information content (AvgIpc) is 2.84. The topological polar surface area (TPSA) is 64.7 Å². The molecule has 23 heavy (non-hydrogen) atoms. The van der Waals surface area contributed by atoms with Crippen molar-refractivity contribution in [1.29, 1.82) is 0 Å². The molecular weight excluding hydrogens is 343 g/mol. The smallest absolute Gasteiger partial charge is 0.316 e. The Morgan fingerprint density at radius 3 is 2.61 bits per heavy atom. The van der Waals surface area contributed by atoms with E-state index in [4.69, 9.17) is 23.8 Å². The van der Waals surface area contributed by atoms with Crippen LogP contribution in [0.4, 0.5) is 4.39 Å². The Hall–Kier alpha value is -2.19. The van der Waals surface area contributed by atoms with E-state index in [-0.39, 0.29) is 33.1 Å². The molecule has 0 aliphatic carbocycles. The molecule has 0 amide bonds. The summed E-state index contributed by atoms with van der Waals surface area (Å²) in [7, 11) is 2.90. The SMILES string of the molecule is Cn1c(=O)c2c([nH]c(=S)n2Cc2c(F)cccc2Cl)n(C)c1=O. The van der Waals surface area contributed by atoms with Crippen LogP contribution in [0.1, 0.15) is 5.56 Å². The van der Waals surface area contributed by atoms with E-state index in [1.807, 2.05) is 0 Å². The molecule has 1 aromatic carbocycles. The fraction of sp³-hybridized carbons (Fsp3) is 0.214. The van der Waals surface area contributed by atoms with E-state index in [1.54, 1.807) is 6.07 Å². The van der Waals surface area contributed by atoms with Crippen molar-refractivity contribution >= 4 is 35.0 Å². The summed E-state index contributed by atoms with van der Waals surface area (Å²) in [4.78, 5) is 27.2. The molecule has 0 spiro atoms. The van der Waals surface area contributed by atoms with Crippen molar-refractivity contribution in [3.05, 3.63) is 60.2 Å². The van der Waals surface area contributed by atoms with E-state index in [0.717, 1.165) is 4.57 Å². The van der Waals surface area contributed by atoms with Gasteiger partial charge < -0.3 is 9.55 Å². The summed E-state index contributed by atoms with van der Waals surface area (Å²) in [6.45, 7) is -0.0161. The monoisotopic (exact) mass is 354 g/mol. The number of aryl methyl sites for hydroxylation is 1. The summed E-state index contributed by atoms with van der Waals surface area (Å²) in [6, 6.07) is 4.35. The number of fused-ring (bicyclic) bond motifs is 1. The Morgan fingerprint density at radius 2 is 1.96 bits per heavy atom. The molecule has 0 fully saturated rings. The summed E-state index contributed by atoms with van der Waals surface area (Å²) in [5, 5.41) is 0.239. The van der Waals surface area contributed by atoms with Crippen LogP contribution in [0.15, 0.2) is 27.8 Å². The van der Waals surface area contributed by atoms with E-state index in [0.29, 0.717) is 0 Å². The maximum absolute atomic E-state index is 14.0. The van der Waals surface area contributed by atoms with Gasteiger partial charge in [0.2, 0.25) is 0 Å². The van der Waals surface area contributed by atoms with E-state index < -0.39 is 17.1 Å². The standard InChI is InChI=1S/C14H12ClFN4O2S/c1-18-11-10(12(21)19(2)14(18)22)20(13(23)17-11)6-7-8(15)4-3-5-9(7)16/h3-5H,6H2,1-2H3,(H,17,23). The maximum atomic E-state index is 14.0. The second-order valence-electron chi connectivity index (χ2n) is 5.12. The molecular formula is C14H12ClFN4O2S. The number of H-pyrrole nitrogens is 1. The van der Waals surface area contributed by atoms with Gasteiger partial charge in [0, 0.05) is 24.7 Å². The van der Waals surface area contributed by atoms with Crippen LogP contribution in [0.25, 0.3) is 11.2 Å². The van der Waals surface area contributed by atoms with Gasteiger partial charge in [-0.1, -0.05) is 17.7 Å². The van der Waals surface area contributed by atoms with Crippen LogP contribution in [-0.4, -0.2) is 18.7 Å². The molecule has 0 unspecified atom stereocenters. The molecule has 2 heterocycles. The Bertz CT molecular complexity index is 1090. The van der Waals surface area contributed by atoms with E-state index in [9.17, 15) is 14.0 Å². The van der Waals surface area contributed by atoms with Gasteiger partial charge >= 0.3 is 5.69 Å². The number of hydrogen-bond donors (Lipinski definition) is 1. The molecule has 3 aromatic rings. The molecule has 9 heteroatoms. The highest BCUT2D eigenvalue weighted by molar-refractivity contribution is 7.71. The number of imidazole rings is 1. The molecule has 3 rings (SSSR count). The second-order valence-corrected chi connectivity index (χ2v) is 5.91. The minimum absolute atomic E-state index is 0.0161. The van der Waals surface area contributed by atoms with Crippen LogP contribution in [0.5, 0.6) is 0 Å². The quantitative estimate of drug-likeness (QED) is 0.715. The van der Waals surface area contributed by atoms with Crippen LogP contribution in [0.2, 0.25) is 5.02 Å². The van der Waals surface area contributed by atoms with Crippen molar-refractivity contribution in [2.75, 3.05) is 0 Å². The van der Waals surface area contributed by atoms with Crippen molar-refractivity contribution in [2.45, 2.75) is 6.54 Å². The number of nitrogens with zero attached hydrogens (tertiary/aromatic N) is 3. The number of aromatic nitrogens is 4. The third-order valence-corrected chi connectivity index (χ3v) is 4.44. The largest absolute Gasteiger partial charge is 0.332 e. The lowest BCUT2D eigenvalue weighted by atomic mass is 10.2. The van der Waals surface area contributed by atoms with Gasteiger partial charge in [0.05, 0.1) is 6.54 Å². The number of aromatic amines is 1.